The summed E-state index contributed by atoms with van der Waals surface area (Å²) in [4.78, 5) is 19.2. The Morgan fingerprint density at radius 3 is 2.68 bits per heavy atom. The van der Waals surface area contributed by atoms with Crippen LogP contribution >= 0.6 is 0 Å². The van der Waals surface area contributed by atoms with Gasteiger partial charge in [0.2, 0.25) is 0 Å². The van der Waals surface area contributed by atoms with Gasteiger partial charge in [-0.3, -0.25) is 14.9 Å². The van der Waals surface area contributed by atoms with Crippen LogP contribution in [0.2, 0.25) is 0 Å². The third-order valence-electron chi connectivity index (χ3n) is 7.34. The second-order valence-corrected chi connectivity index (χ2v) is 9.36. The van der Waals surface area contributed by atoms with Crippen LogP contribution in [0.4, 0.5) is 4.39 Å². The SMILES string of the molecule is Cc1cccnc1[C@@H]1C[C@@H](F)C[C@H](C2CN3C(N4CCN(C)CC4)=CC=CC3=N2)N1C. The Morgan fingerprint density at radius 1 is 1.10 bits per heavy atom. The van der Waals surface area contributed by atoms with E-state index in [1.807, 2.05) is 12.3 Å². The Morgan fingerprint density at radius 2 is 1.90 bits per heavy atom. The van der Waals surface area contributed by atoms with Crippen LogP contribution in [0.15, 0.2) is 47.4 Å². The molecule has 31 heavy (non-hydrogen) atoms. The molecule has 0 spiro atoms. The van der Waals surface area contributed by atoms with Crippen molar-refractivity contribution in [3.63, 3.8) is 0 Å². The summed E-state index contributed by atoms with van der Waals surface area (Å²) in [6, 6.07) is 4.14. The number of halogens is 1. The Labute approximate surface area is 184 Å². The molecule has 4 aliphatic heterocycles. The number of piperazine rings is 1. The number of hydrogen-bond acceptors (Lipinski definition) is 6. The number of aryl methyl sites for hydroxylation is 1. The van der Waals surface area contributed by atoms with Crippen molar-refractivity contribution in [3.05, 3.63) is 53.6 Å². The number of amidine groups is 1. The predicted molar refractivity (Wildman–Crippen MR) is 122 cm³/mol. The second-order valence-electron chi connectivity index (χ2n) is 9.36. The van der Waals surface area contributed by atoms with Crippen molar-refractivity contribution < 1.29 is 4.39 Å². The van der Waals surface area contributed by atoms with Crippen LogP contribution < -0.4 is 0 Å². The number of alkyl halides is 1. The van der Waals surface area contributed by atoms with Crippen LogP contribution in [0.3, 0.4) is 0 Å². The van der Waals surface area contributed by atoms with E-state index >= 15 is 0 Å². The van der Waals surface area contributed by atoms with Crippen molar-refractivity contribution in [2.75, 3.05) is 46.8 Å². The van der Waals surface area contributed by atoms with Crippen LogP contribution in [-0.2, 0) is 0 Å². The van der Waals surface area contributed by atoms with E-state index in [1.54, 1.807) is 0 Å². The molecule has 7 heteroatoms. The van der Waals surface area contributed by atoms with Crippen molar-refractivity contribution in [3.8, 4) is 0 Å². The highest BCUT2D eigenvalue weighted by Gasteiger charge is 2.43. The molecular formula is C24H33FN6. The van der Waals surface area contributed by atoms with Crippen molar-refractivity contribution in [1.82, 2.24) is 24.6 Å². The fourth-order valence-corrected chi connectivity index (χ4v) is 5.48. The number of nitrogens with zero attached hydrogens (tertiary/aromatic N) is 6. The Hall–Kier alpha value is -2.25. The molecule has 1 aromatic heterocycles. The number of aliphatic imine (C=N–C) groups is 1. The first kappa shape index (κ1) is 20.6. The van der Waals surface area contributed by atoms with Crippen LogP contribution in [-0.4, -0.2) is 95.5 Å². The molecule has 0 N–H and O–H groups in total. The summed E-state index contributed by atoms with van der Waals surface area (Å²) >= 11 is 0. The van der Waals surface area contributed by atoms with E-state index in [1.165, 1.54) is 5.82 Å². The van der Waals surface area contributed by atoms with E-state index in [9.17, 15) is 4.39 Å². The first-order chi connectivity index (χ1) is 15.0. The number of hydrogen-bond donors (Lipinski definition) is 0. The summed E-state index contributed by atoms with van der Waals surface area (Å²) in [6.45, 7) is 7.09. The smallest absolute Gasteiger partial charge is 0.129 e. The zero-order valence-corrected chi connectivity index (χ0v) is 18.8. The average Bonchev–Trinajstić information content (AvgIpc) is 3.20. The minimum Gasteiger partial charge on any atom is -0.355 e. The van der Waals surface area contributed by atoms with Gasteiger partial charge in [0, 0.05) is 45.0 Å². The largest absolute Gasteiger partial charge is 0.355 e. The summed E-state index contributed by atoms with van der Waals surface area (Å²) in [6.07, 6.45) is 8.43. The number of likely N-dealkylation sites (N-methyl/N-ethyl adjacent to an activating group) is 2. The number of allylic oxidation sites excluding steroid dienone is 2. The van der Waals surface area contributed by atoms with Gasteiger partial charge in [-0.1, -0.05) is 12.1 Å². The first-order valence-electron chi connectivity index (χ1n) is 11.5. The van der Waals surface area contributed by atoms with E-state index in [2.05, 4.69) is 69.9 Å². The van der Waals surface area contributed by atoms with Crippen molar-refractivity contribution in [2.45, 2.75) is 44.1 Å². The van der Waals surface area contributed by atoms with Gasteiger partial charge in [-0.15, -0.1) is 0 Å². The van der Waals surface area contributed by atoms with E-state index in [-0.39, 0.29) is 18.1 Å². The number of piperidine rings is 1. The van der Waals surface area contributed by atoms with Crippen LogP contribution in [0.5, 0.6) is 0 Å². The van der Waals surface area contributed by atoms with Crippen LogP contribution in [0.25, 0.3) is 0 Å². The van der Waals surface area contributed by atoms with Gasteiger partial charge >= 0.3 is 0 Å². The van der Waals surface area contributed by atoms with Gasteiger partial charge in [0.1, 0.15) is 17.8 Å². The maximum absolute atomic E-state index is 14.9. The zero-order valence-electron chi connectivity index (χ0n) is 18.8. The molecule has 166 valence electrons. The molecule has 0 radical (unpaired) electrons. The third kappa shape index (κ3) is 3.89. The lowest BCUT2D eigenvalue weighted by atomic mass is 9.88. The Balaban J connectivity index is 1.35. The van der Waals surface area contributed by atoms with Gasteiger partial charge in [0.15, 0.2) is 0 Å². The minimum absolute atomic E-state index is 0.00374. The molecule has 4 aliphatic rings. The second kappa shape index (κ2) is 8.36. The zero-order chi connectivity index (χ0) is 21.5. The van der Waals surface area contributed by atoms with E-state index in [0.717, 1.165) is 49.8 Å². The summed E-state index contributed by atoms with van der Waals surface area (Å²) in [5.41, 5.74) is 2.13. The van der Waals surface area contributed by atoms with Gasteiger partial charge < -0.3 is 14.7 Å². The maximum Gasteiger partial charge on any atom is 0.129 e. The molecular weight excluding hydrogens is 391 g/mol. The molecule has 5 rings (SSSR count). The quantitative estimate of drug-likeness (QED) is 0.746. The normalized spacial score (nSPS) is 32.1. The third-order valence-corrected chi connectivity index (χ3v) is 7.34. The van der Waals surface area contributed by atoms with Crippen LogP contribution in [0, 0.1) is 6.92 Å². The number of likely N-dealkylation sites (tertiary alicyclic amines) is 1. The van der Waals surface area contributed by atoms with E-state index in [0.29, 0.717) is 12.8 Å². The van der Waals surface area contributed by atoms with Crippen LogP contribution in [0.1, 0.15) is 30.1 Å². The molecule has 2 saturated heterocycles. The summed E-state index contributed by atoms with van der Waals surface area (Å²) in [5, 5.41) is 0. The number of rotatable bonds is 3. The maximum atomic E-state index is 14.9. The minimum atomic E-state index is -0.825. The lowest BCUT2D eigenvalue weighted by Crippen LogP contribution is -2.51. The monoisotopic (exact) mass is 424 g/mol. The topological polar surface area (TPSA) is 38.2 Å². The predicted octanol–water partition coefficient (Wildman–Crippen LogP) is 2.60. The molecule has 1 aromatic rings. The molecule has 0 aromatic carbocycles. The molecule has 4 atom stereocenters. The molecule has 0 amide bonds. The molecule has 1 unspecified atom stereocenters. The summed E-state index contributed by atoms with van der Waals surface area (Å²) < 4.78 is 14.9. The van der Waals surface area contributed by atoms with Crippen molar-refractivity contribution in [1.29, 1.82) is 0 Å². The van der Waals surface area contributed by atoms with Gasteiger partial charge in [0.05, 0.1) is 17.8 Å². The van der Waals surface area contributed by atoms with Gasteiger partial charge in [-0.2, -0.15) is 0 Å². The lowest BCUT2D eigenvalue weighted by Gasteiger charge is -2.43. The first-order valence-corrected chi connectivity index (χ1v) is 11.5. The molecule has 2 fully saturated rings. The van der Waals surface area contributed by atoms with E-state index < -0.39 is 6.17 Å². The highest BCUT2D eigenvalue weighted by molar-refractivity contribution is 5.97. The number of pyridine rings is 1. The van der Waals surface area contributed by atoms with E-state index in [4.69, 9.17) is 4.99 Å². The molecule has 0 aliphatic carbocycles. The fourth-order valence-electron chi connectivity index (χ4n) is 5.48. The number of fused-ring (bicyclic) bond motifs is 1. The average molecular weight is 425 g/mol. The molecule has 0 bridgehead atoms. The summed E-state index contributed by atoms with van der Waals surface area (Å²) in [7, 11) is 4.30. The van der Waals surface area contributed by atoms with Crippen molar-refractivity contribution >= 4 is 5.84 Å². The summed E-state index contributed by atoms with van der Waals surface area (Å²) in [5.74, 6) is 2.26. The van der Waals surface area contributed by atoms with Gasteiger partial charge in [0.25, 0.3) is 0 Å². The Bertz CT molecular complexity index is 903. The standard InChI is InChI=1S/C24H33FN6/c1-17-6-5-9-26-24(17)21-15-18(25)14-20(29(21)3)19-16-31-22(27-19)7-4-8-23(31)30-12-10-28(2)11-13-30/h4-9,18-21H,10-16H2,1-3H3/t18-,19?,20+,21-/m0/s1. The highest BCUT2D eigenvalue weighted by Crippen LogP contribution is 2.38. The Kier molecular flexibility index (Phi) is 5.56. The molecule has 6 nitrogen and oxygen atoms in total. The van der Waals surface area contributed by atoms with Crippen molar-refractivity contribution in [2.24, 2.45) is 4.99 Å². The molecule has 5 heterocycles. The molecule has 0 saturated carbocycles. The van der Waals surface area contributed by atoms with Gasteiger partial charge in [-0.05, 0) is 57.6 Å². The number of aromatic nitrogens is 1. The fraction of sp³-hybridized carbons (Fsp3) is 0.583. The lowest BCUT2D eigenvalue weighted by molar-refractivity contribution is 0.0424. The highest BCUT2D eigenvalue weighted by atomic mass is 19.1. The van der Waals surface area contributed by atoms with Gasteiger partial charge in [-0.25, -0.2) is 4.39 Å².